The Morgan fingerprint density at radius 1 is 1.07 bits per heavy atom. The smallest absolute Gasteiger partial charge is 0.338 e. The van der Waals surface area contributed by atoms with Crippen molar-refractivity contribution in [2.75, 3.05) is 18.5 Å². The molecule has 0 amide bonds. The van der Waals surface area contributed by atoms with Crippen LogP contribution in [0.1, 0.15) is 43.5 Å². The Labute approximate surface area is 272 Å². The Balaban J connectivity index is 1.52. The summed E-state index contributed by atoms with van der Waals surface area (Å²) >= 11 is 17.6. The van der Waals surface area contributed by atoms with E-state index in [1.165, 1.54) is 11.8 Å². The molecular weight excluding hydrogens is 675 g/mol. The summed E-state index contributed by atoms with van der Waals surface area (Å²) in [7, 11) is 0. The number of halogens is 3. The van der Waals surface area contributed by atoms with E-state index >= 15 is 0 Å². The largest absolute Gasteiger partial charge is 0.490 e. The number of carbonyl (C=O) groups excluding carboxylic acids is 1. The van der Waals surface area contributed by atoms with E-state index in [0.717, 1.165) is 16.7 Å². The minimum Gasteiger partial charge on any atom is -0.490 e. The number of ether oxygens (including phenoxy) is 3. The minimum atomic E-state index is -0.640. The van der Waals surface area contributed by atoms with E-state index in [2.05, 4.69) is 21.2 Å². The van der Waals surface area contributed by atoms with Gasteiger partial charge in [-0.2, -0.15) is 4.98 Å². The summed E-state index contributed by atoms with van der Waals surface area (Å²) in [5, 5.41) is 9.93. The highest BCUT2D eigenvalue weighted by Crippen LogP contribution is 2.44. The number of anilines is 1. The van der Waals surface area contributed by atoms with Crippen molar-refractivity contribution in [1.29, 1.82) is 0 Å². The predicted octanol–water partition coefficient (Wildman–Crippen LogP) is 8.47. The van der Waals surface area contributed by atoms with Crippen LogP contribution < -0.4 is 14.8 Å². The molecule has 0 saturated heterocycles. The van der Waals surface area contributed by atoms with Crippen LogP contribution in [0.5, 0.6) is 11.5 Å². The molecule has 0 bridgehead atoms. The number of hydrogen-bond donors (Lipinski definition) is 1. The van der Waals surface area contributed by atoms with Gasteiger partial charge >= 0.3 is 5.97 Å². The van der Waals surface area contributed by atoms with Crippen molar-refractivity contribution in [2.45, 2.75) is 44.3 Å². The first-order chi connectivity index (χ1) is 20.8. The van der Waals surface area contributed by atoms with Crippen molar-refractivity contribution >= 4 is 62.8 Å². The highest BCUT2D eigenvalue weighted by Gasteiger charge is 2.36. The molecule has 43 heavy (non-hydrogen) atoms. The number of rotatable bonds is 11. The van der Waals surface area contributed by atoms with Crippen LogP contribution in [0.3, 0.4) is 0 Å². The maximum absolute atomic E-state index is 13.3. The highest BCUT2D eigenvalue weighted by molar-refractivity contribution is 9.10. The quantitative estimate of drug-likeness (QED) is 0.123. The highest BCUT2D eigenvalue weighted by atomic mass is 79.9. The van der Waals surface area contributed by atoms with Crippen molar-refractivity contribution in [1.82, 2.24) is 14.8 Å². The van der Waals surface area contributed by atoms with E-state index in [9.17, 15) is 4.79 Å². The first-order valence-electron chi connectivity index (χ1n) is 13.6. The van der Waals surface area contributed by atoms with E-state index in [1.807, 2.05) is 74.5 Å². The monoisotopic (exact) mass is 702 g/mol. The average Bonchev–Trinajstić information content (AvgIpc) is 3.39. The zero-order valence-electron chi connectivity index (χ0n) is 23.7. The molecule has 1 aromatic heterocycles. The molecule has 1 aliphatic heterocycles. The second-order valence-electron chi connectivity index (χ2n) is 9.51. The topological polar surface area (TPSA) is 87.5 Å². The Hall–Kier alpha value is -3.18. The summed E-state index contributed by atoms with van der Waals surface area (Å²) in [4.78, 5) is 18.1. The van der Waals surface area contributed by atoms with E-state index in [4.69, 9.17) is 47.5 Å². The van der Waals surface area contributed by atoms with E-state index < -0.39 is 12.0 Å². The van der Waals surface area contributed by atoms with Gasteiger partial charge in [0, 0.05) is 21.5 Å². The second kappa shape index (κ2) is 14.1. The molecule has 0 fully saturated rings. The minimum absolute atomic E-state index is 0.233. The molecule has 1 atom stereocenters. The fourth-order valence-corrected chi connectivity index (χ4v) is 6.43. The molecule has 1 unspecified atom stereocenters. The van der Waals surface area contributed by atoms with Crippen LogP contribution >= 0.6 is 50.9 Å². The van der Waals surface area contributed by atoms with Crippen LogP contribution in [0.25, 0.3) is 0 Å². The third kappa shape index (κ3) is 7.15. The molecule has 5 rings (SSSR count). The molecule has 1 aliphatic rings. The van der Waals surface area contributed by atoms with Gasteiger partial charge < -0.3 is 19.5 Å². The second-order valence-corrected chi connectivity index (χ2v) is 12.1. The van der Waals surface area contributed by atoms with Crippen molar-refractivity contribution in [3.8, 4) is 11.5 Å². The van der Waals surface area contributed by atoms with Crippen molar-refractivity contribution < 1.29 is 19.0 Å². The summed E-state index contributed by atoms with van der Waals surface area (Å²) < 4.78 is 20.1. The number of carbonyl (C=O) groups is 1. The summed E-state index contributed by atoms with van der Waals surface area (Å²) in [6, 6.07) is 18.3. The van der Waals surface area contributed by atoms with Crippen LogP contribution in [0.4, 0.5) is 5.95 Å². The number of nitrogens with one attached hydrogen (secondary N) is 1. The lowest BCUT2D eigenvalue weighted by Crippen LogP contribution is -2.29. The number of nitrogens with zero attached hydrogens (tertiary/aromatic N) is 3. The molecule has 0 spiro atoms. The molecule has 224 valence electrons. The zero-order chi connectivity index (χ0) is 30.5. The third-order valence-electron chi connectivity index (χ3n) is 6.59. The number of thioether (sulfide) groups is 1. The van der Waals surface area contributed by atoms with Crippen LogP contribution in [0, 0.1) is 0 Å². The summed E-state index contributed by atoms with van der Waals surface area (Å²) in [6.07, 6.45) is 0. The van der Waals surface area contributed by atoms with Crippen LogP contribution in [-0.2, 0) is 21.9 Å². The number of allylic oxidation sites excluding steroid dienone is 1. The first kappa shape index (κ1) is 31.3. The maximum atomic E-state index is 13.3. The molecule has 2 heterocycles. The van der Waals surface area contributed by atoms with Gasteiger partial charge in [0.1, 0.15) is 12.6 Å². The number of hydrogen-bond acceptors (Lipinski definition) is 8. The van der Waals surface area contributed by atoms with Crippen LogP contribution in [0.2, 0.25) is 10.0 Å². The molecule has 4 aromatic rings. The Morgan fingerprint density at radius 3 is 2.56 bits per heavy atom. The van der Waals surface area contributed by atoms with E-state index in [1.54, 1.807) is 11.6 Å². The van der Waals surface area contributed by atoms with Gasteiger partial charge in [-0.1, -0.05) is 65.3 Å². The standard InChI is InChI=1S/C31H29BrCl2N4O4S/c1-4-40-25-15-21(14-23(32)28(25)42-16-19-10-12-22(33)13-11-19)27-26(29(39)41-5-2)18(3)35-30-36-31(37-38(27)30)43-17-20-8-6-7-9-24(20)34/h6-15,27H,4-5,16-17H2,1-3H3,(H,35,36,37). The Kier molecular flexibility index (Phi) is 10.2. The van der Waals surface area contributed by atoms with Crippen molar-refractivity contribution in [2.24, 2.45) is 0 Å². The van der Waals surface area contributed by atoms with Gasteiger partial charge in [-0.15, -0.1) is 5.10 Å². The van der Waals surface area contributed by atoms with E-state index in [-0.39, 0.29) is 6.61 Å². The van der Waals surface area contributed by atoms with Gasteiger partial charge in [0.25, 0.3) is 0 Å². The van der Waals surface area contributed by atoms with Gasteiger partial charge in [0.2, 0.25) is 11.1 Å². The number of fused-ring (bicyclic) bond motifs is 1. The Bertz CT molecular complexity index is 1660. The molecular formula is C31H29BrCl2N4O4S. The molecule has 3 aromatic carbocycles. The molecule has 1 N–H and O–H groups in total. The Morgan fingerprint density at radius 2 is 1.84 bits per heavy atom. The lowest BCUT2D eigenvalue weighted by atomic mass is 9.95. The van der Waals surface area contributed by atoms with Crippen molar-refractivity contribution in [3.63, 3.8) is 0 Å². The average molecular weight is 704 g/mol. The molecule has 12 heteroatoms. The molecule has 8 nitrogen and oxygen atoms in total. The maximum Gasteiger partial charge on any atom is 0.338 e. The fourth-order valence-electron chi connectivity index (χ4n) is 4.62. The van der Waals surface area contributed by atoms with E-state index in [0.29, 0.717) is 67.4 Å². The van der Waals surface area contributed by atoms with Crippen molar-refractivity contribution in [3.05, 3.63) is 103 Å². The van der Waals surface area contributed by atoms with Gasteiger partial charge in [-0.3, -0.25) is 0 Å². The van der Waals surface area contributed by atoms with Gasteiger partial charge in [0.05, 0.1) is 23.3 Å². The predicted molar refractivity (Wildman–Crippen MR) is 173 cm³/mol. The van der Waals surface area contributed by atoms with Gasteiger partial charge in [-0.05, 0) is 83.7 Å². The van der Waals surface area contributed by atoms with Gasteiger partial charge in [-0.25, -0.2) is 9.48 Å². The first-order valence-corrected chi connectivity index (χ1v) is 16.1. The zero-order valence-corrected chi connectivity index (χ0v) is 27.6. The molecule has 0 saturated carbocycles. The lowest BCUT2D eigenvalue weighted by Gasteiger charge is -2.28. The fraction of sp³-hybridized carbons (Fsp3) is 0.258. The summed E-state index contributed by atoms with van der Waals surface area (Å²) in [6.45, 7) is 6.47. The van der Waals surface area contributed by atoms with Gasteiger partial charge in [0.15, 0.2) is 11.5 Å². The lowest BCUT2D eigenvalue weighted by molar-refractivity contribution is -0.139. The SMILES string of the molecule is CCOC(=O)C1=C(C)Nc2nc(SCc3ccccc3Cl)nn2C1c1cc(Br)c(OCc2ccc(Cl)cc2)c(OCC)c1. The summed E-state index contributed by atoms with van der Waals surface area (Å²) in [5.74, 6) is 1.72. The number of benzene rings is 3. The number of esters is 1. The van der Waals surface area contributed by atoms with Crippen LogP contribution in [0.15, 0.2) is 81.6 Å². The summed E-state index contributed by atoms with van der Waals surface area (Å²) in [5.41, 5.74) is 3.73. The third-order valence-corrected chi connectivity index (χ3v) is 8.68. The number of aromatic nitrogens is 3. The molecule has 0 aliphatic carbocycles. The molecule has 0 radical (unpaired) electrons. The normalized spacial score (nSPS) is 14.2. The van der Waals surface area contributed by atoms with Crippen LogP contribution in [-0.4, -0.2) is 33.9 Å².